The van der Waals surface area contributed by atoms with Gasteiger partial charge in [0.15, 0.2) is 0 Å². The van der Waals surface area contributed by atoms with Crippen molar-refractivity contribution in [2.75, 3.05) is 12.8 Å². The van der Waals surface area contributed by atoms with Gasteiger partial charge in [0.25, 0.3) is 0 Å². The predicted molar refractivity (Wildman–Crippen MR) is 53.7 cm³/mol. The largest absolute Gasteiger partial charge is 0.368 e. The third-order valence-corrected chi connectivity index (χ3v) is 3.55. The Hall–Kier alpha value is -1.16. The molecule has 0 saturated carbocycles. The molecule has 74 valence electrons. The van der Waals surface area contributed by atoms with E-state index in [9.17, 15) is 0 Å². The number of likely N-dealkylation sites (N-methyl/N-ethyl adjacent to an activating group) is 1. The number of fused-ring (bicyclic) bond motifs is 4. The van der Waals surface area contributed by atoms with Gasteiger partial charge in [-0.3, -0.25) is 4.90 Å². The minimum Gasteiger partial charge on any atom is -0.368 e. The summed E-state index contributed by atoms with van der Waals surface area (Å²) in [6.07, 6.45) is 5.45. The molecule has 2 bridgehead atoms. The van der Waals surface area contributed by atoms with Crippen molar-refractivity contribution < 1.29 is 0 Å². The molecule has 0 aliphatic carbocycles. The van der Waals surface area contributed by atoms with Crippen LogP contribution in [0.2, 0.25) is 0 Å². The van der Waals surface area contributed by atoms with E-state index in [1.807, 2.05) is 6.20 Å². The highest BCUT2D eigenvalue weighted by Gasteiger charge is 2.38. The minimum absolute atomic E-state index is 0.410. The topological polar surface area (TPSA) is 55.0 Å². The van der Waals surface area contributed by atoms with Crippen molar-refractivity contribution in [1.29, 1.82) is 0 Å². The fourth-order valence-corrected chi connectivity index (χ4v) is 2.74. The van der Waals surface area contributed by atoms with Gasteiger partial charge in [0, 0.05) is 30.3 Å². The van der Waals surface area contributed by atoms with E-state index in [0.29, 0.717) is 18.0 Å². The number of hydrogen-bond acceptors (Lipinski definition) is 4. The average molecular weight is 190 g/mol. The minimum atomic E-state index is 0.410. The first-order valence-corrected chi connectivity index (χ1v) is 5.09. The molecular weight excluding hydrogens is 176 g/mol. The van der Waals surface area contributed by atoms with E-state index in [-0.39, 0.29) is 0 Å². The molecule has 1 aromatic heterocycles. The van der Waals surface area contributed by atoms with E-state index in [1.54, 1.807) is 0 Å². The van der Waals surface area contributed by atoms with Gasteiger partial charge in [-0.2, -0.15) is 0 Å². The second-order valence-electron chi connectivity index (χ2n) is 4.25. The first kappa shape index (κ1) is 8.17. The van der Waals surface area contributed by atoms with Crippen LogP contribution in [0.4, 0.5) is 5.95 Å². The van der Waals surface area contributed by atoms with Gasteiger partial charge in [-0.1, -0.05) is 0 Å². The maximum atomic E-state index is 5.59. The van der Waals surface area contributed by atoms with Crippen molar-refractivity contribution in [2.24, 2.45) is 0 Å². The summed E-state index contributed by atoms with van der Waals surface area (Å²) in [5.41, 5.74) is 8.05. The number of rotatable bonds is 0. The summed E-state index contributed by atoms with van der Waals surface area (Å²) in [5, 5.41) is 0. The lowest BCUT2D eigenvalue weighted by atomic mass is 10.0. The Kier molecular flexibility index (Phi) is 1.56. The summed E-state index contributed by atoms with van der Waals surface area (Å²) in [7, 11) is 2.20. The van der Waals surface area contributed by atoms with Gasteiger partial charge < -0.3 is 5.73 Å². The van der Waals surface area contributed by atoms with Crippen LogP contribution in [-0.4, -0.2) is 28.0 Å². The first-order chi connectivity index (χ1) is 6.75. The number of nitrogens with zero attached hydrogens (tertiary/aromatic N) is 3. The molecule has 2 aliphatic rings. The second-order valence-corrected chi connectivity index (χ2v) is 4.25. The maximum absolute atomic E-state index is 5.59. The molecule has 1 saturated heterocycles. The zero-order valence-electron chi connectivity index (χ0n) is 8.27. The first-order valence-electron chi connectivity index (χ1n) is 5.09. The van der Waals surface area contributed by atoms with Crippen molar-refractivity contribution in [3.63, 3.8) is 0 Å². The molecule has 0 radical (unpaired) electrons. The van der Waals surface area contributed by atoms with E-state index >= 15 is 0 Å². The lowest BCUT2D eigenvalue weighted by Crippen LogP contribution is -2.34. The summed E-state index contributed by atoms with van der Waals surface area (Å²) in [6, 6.07) is 1.20. The monoisotopic (exact) mass is 190 g/mol. The molecule has 4 heteroatoms. The normalized spacial score (nSPS) is 30.4. The number of anilines is 1. The zero-order valence-corrected chi connectivity index (χ0v) is 8.27. The lowest BCUT2D eigenvalue weighted by Gasteiger charge is -2.31. The van der Waals surface area contributed by atoms with Crippen LogP contribution in [-0.2, 0) is 6.42 Å². The van der Waals surface area contributed by atoms with Crippen LogP contribution < -0.4 is 5.73 Å². The highest BCUT2D eigenvalue weighted by atomic mass is 15.2. The standard InChI is InChI=1S/C10H14N4/c1-14-6-2-3-9(14)7-5-12-10(11)13-8(7)4-6/h5-6,9H,2-4H2,1H3,(H2,11,12,13)/t6-,9+/m1/s1. The fraction of sp³-hybridized carbons (Fsp3) is 0.600. The molecule has 3 heterocycles. The smallest absolute Gasteiger partial charge is 0.220 e. The number of hydrogen-bond donors (Lipinski definition) is 1. The molecule has 2 aliphatic heterocycles. The molecule has 0 spiro atoms. The van der Waals surface area contributed by atoms with Crippen molar-refractivity contribution in [3.8, 4) is 0 Å². The summed E-state index contributed by atoms with van der Waals surface area (Å²) < 4.78 is 0. The number of nitrogens with two attached hydrogens (primary N) is 1. The second kappa shape index (κ2) is 2.67. The summed E-state index contributed by atoms with van der Waals surface area (Å²) in [4.78, 5) is 10.9. The van der Waals surface area contributed by atoms with Gasteiger partial charge in [-0.15, -0.1) is 0 Å². The molecule has 1 aromatic rings. The molecule has 4 nitrogen and oxygen atoms in total. The molecule has 2 N–H and O–H groups in total. The Bertz CT molecular complexity index is 376. The van der Waals surface area contributed by atoms with E-state index in [1.165, 1.54) is 24.1 Å². The Morgan fingerprint density at radius 3 is 3.21 bits per heavy atom. The third-order valence-electron chi connectivity index (χ3n) is 3.55. The van der Waals surface area contributed by atoms with Crippen LogP contribution in [0.5, 0.6) is 0 Å². The Morgan fingerprint density at radius 2 is 2.36 bits per heavy atom. The van der Waals surface area contributed by atoms with Gasteiger partial charge in [0.1, 0.15) is 0 Å². The van der Waals surface area contributed by atoms with Crippen LogP contribution >= 0.6 is 0 Å². The SMILES string of the molecule is CN1[C@@H]2CC[C@H]1c1cnc(N)nc1C2. The van der Waals surface area contributed by atoms with Gasteiger partial charge in [0.05, 0.1) is 5.69 Å². The van der Waals surface area contributed by atoms with E-state index in [4.69, 9.17) is 5.73 Å². The Morgan fingerprint density at radius 1 is 1.50 bits per heavy atom. The molecule has 2 atom stereocenters. The molecular formula is C10H14N4. The number of aromatic nitrogens is 2. The van der Waals surface area contributed by atoms with E-state index in [2.05, 4.69) is 21.9 Å². The number of nitrogen functional groups attached to an aromatic ring is 1. The van der Waals surface area contributed by atoms with E-state index < -0.39 is 0 Å². The van der Waals surface area contributed by atoms with Crippen LogP contribution in [0.25, 0.3) is 0 Å². The van der Waals surface area contributed by atoms with Crippen molar-refractivity contribution in [1.82, 2.24) is 14.9 Å². The van der Waals surface area contributed by atoms with Crippen molar-refractivity contribution in [2.45, 2.75) is 31.3 Å². The molecule has 0 aromatic carbocycles. The van der Waals surface area contributed by atoms with Gasteiger partial charge >= 0.3 is 0 Å². The summed E-state index contributed by atoms with van der Waals surface area (Å²) in [5.74, 6) is 0.410. The molecule has 0 amide bonds. The summed E-state index contributed by atoms with van der Waals surface area (Å²) in [6.45, 7) is 0. The third kappa shape index (κ3) is 0.973. The van der Waals surface area contributed by atoms with Gasteiger partial charge in [-0.25, -0.2) is 9.97 Å². The Labute approximate surface area is 83.1 Å². The highest BCUT2D eigenvalue weighted by molar-refractivity contribution is 5.32. The van der Waals surface area contributed by atoms with E-state index in [0.717, 1.165) is 6.42 Å². The van der Waals surface area contributed by atoms with Gasteiger partial charge in [-0.05, 0) is 19.9 Å². The molecule has 1 fully saturated rings. The fourth-order valence-electron chi connectivity index (χ4n) is 2.74. The molecule has 0 unspecified atom stereocenters. The van der Waals surface area contributed by atoms with Crippen LogP contribution in [0.1, 0.15) is 30.1 Å². The zero-order chi connectivity index (χ0) is 9.71. The quantitative estimate of drug-likeness (QED) is 0.656. The van der Waals surface area contributed by atoms with Crippen molar-refractivity contribution in [3.05, 3.63) is 17.5 Å². The molecule has 14 heavy (non-hydrogen) atoms. The summed E-state index contributed by atoms with van der Waals surface area (Å²) >= 11 is 0. The van der Waals surface area contributed by atoms with Crippen LogP contribution in [0.15, 0.2) is 6.20 Å². The van der Waals surface area contributed by atoms with Crippen LogP contribution in [0.3, 0.4) is 0 Å². The Balaban J connectivity index is 2.11. The lowest BCUT2D eigenvalue weighted by molar-refractivity contribution is 0.221. The highest BCUT2D eigenvalue weighted by Crippen LogP contribution is 2.41. The predicted octanol–water partition coefficient (Wildman–Crippen LogP) is 0.750. The molecule has 3 rings (SSSR count). The van der Waals surface area contributed by atoms with Crippen LogP contribution in [0, 0.1) is 0 Å². The van der Waals surface area contributed by atoms with Crippen molar-refractivity contribution >= 4 is 5.95 Å². The average Bonchev–Trinajstić information content (AvgIpc) is 2.44. The van der Waals surface area contributed by atoms with Gasteiger partial charge in [0.2, 0.25) is 5.95 Å². The maximum Gasteiger partial charge on any atom is 0.220 e.